The maximum absolute atomic E-state index is 13.8. The van der Waals surface area contributed by atoms with Crippen molar-refractivity contribution in [3.63, 3.8) is 0 Å². The van der Waals surface area contributed by atoms with Crippen LogP contribution in [0.25, 0.3) is 22.5 Å². The van der Waals surface area contributed by atoms with Crippen molar-refractivity contribution in [1.82, 2.24) is 59.3 Å². The molecule has 8 rings (SSSR count). The number of hydrogen-bond acceptors (Lipinski definition) is 16. The van der Waals surface area contributed by atoms with E-state index in [1.165, 1.54) is 50.8 Å². The Morgan fingerprint density at radius 2 is 0.919 bits per heavy atom. The Labute approximate surface area is 422 Å². The molecule has 0 fully saturated rings. The second-order valence-corrected chi connectivity index (χ2v) is 19.4. The van der Waals surface area contributed by atoms with Crippen LogP contribution in [0.3, 0.4) is 0 Å². The molecule has 6 aromatic rings. The van der Waals surface area contributed by atoms with Crippen molar-refractivity contribution in [3.05, 3.63) is 84.2 Å². The van der Waals surface area contributed by atoms with Crippen LogP contribution in [-0.4, -0.2) is 108 Å². The van der Waals surface area contributed by atoms with Gasteiger partial charge in [0.2, 0.25) is 23.5 Å². The predicted octanol–water partition coefficient (Wildman–Crippen LogP) is 8.60. The fourth-order valence-electron chi connectivity index (χ4n) is 7.34. The molecule has 6 aromatic heterocycles. The Kier molecular flexibility index (Phi) is 15.2. The molecule has 4 amide bonds. The SMILES string of the molecule is CC(=O)Nc1cc(Nc2ccnc(C(C)(F)F)n2)c(-c2cc3n(n2)CCN(C(=O)OC(C)(C)C)C3)cn1.CC(=O)Nc1cc(Nc2ccnc(C(C)(F)F)n2)c(-c2cc3n(n2)CCN(C(=O)OC(C)(C)C)C3)cn1. The van der Waals surface area contributed by atoms with Crippen molar-refractivity contribution in [2.45, 2.75) is 118 Å². The van der Waals surface area contributed by atoms with Crippen LogP contribution in [0.4, 0.5) is 61.8 Å². The van der Waals surface area contributed by atoms with Gasteiger partial charge >= 0.3 is 24.0 Å². The highest BCUT2D eigenvalue weighted by Gasteiger charge is 2.32. The third-order valence-electron chi connectivity index (χ3n) is 10.5. The monoisotopic (exact) mass is 1030 g/mol. The van der Waals surface area contributed by atoms with E-state index in [2.05, 4.69) is 61.4 Å². The van der Waals surface area contributed by atoms with E-state index in [9.17, 15) is 36.7 Å². The summed E-state index contributed by atoms with van der Waals surface area (Å²) in [6.45, 7) is 17.4. The zero-order chi connectivity index (χ0) is 53.9. The number of ether oxygens (including phenoxy) is 2. The van der Waals surface area contributed by atoms with Crippen LogP contribution in [0, 0.1) is 0 Å². The van der Waals surface area contributed by atoms with Gasteiger partial charge in [0.1, 0.15) is 34.5 Å². The summed E-state index contributed by atoms with van der Waals surface area (Å²) in [5.41, 5.74) is 3.41. The number of nitrogens with one attached hydrogen (secondary N) is 4. The molecule has 74 heavy (non-hydrogen) atoms. The van der Waals surface area contributed by atoms with Gasteiger partial charge in [-0.25, -0.2) is 39.5 Å². The highest BCUT2D eigenvalue weighted by atomic mass is 19.3. The Balaban J connectivity index is 0.000000216. The first-order chi connectivity index (χ1) is 34.6. The molecule has 0 unspecified atom stereocenters. The van der Waals surface area contributed by atoms with E-state index in [0.717, 1.165) is 25.2 Å². The lowest BCUT2D eigenvalue weighted by Gasteiger charge is -2.30. The highest BCUT2D eigenvalue weighted by molar-refractivity contribution is 5.91. The van der Waals surface area contributed by atoms with E-state index in [1.807, 2.05) is 53.7 Å². The van der Waals surface area contributed by atoms with Crippen molar-refractivity contribution in [1.29, 1.82) is 0 Å². The van der Waals surface area contributed by atoms with Gasteiger partial charge in [-0.2, -0.15) is 27.8 Å². The lowest BCUT2D eigenvalue weighted by Crippen LogP contribution is -2.41. The summed E-state index contributed by atoms with van der Waals surface area (Å²) >= 11 is 0. The first-order valence-corrected chi connectivity index (χ1v) is 23.2. The van der Waals surface area contributed by atoms with Gasteiger partial charge in [-0.1, -0.05) is 0 Å². The maximum atomic E-state index is 13.8. The van der Waals surface area contributed by atoms with Gasteiger partial charge in [-0.3, -0.25) is 19.0 Å². The van der Waals surface area contributed by atoms with E-state index in [1.54, 1.807) is 31.3 Å². The van der Waals surface area contributed by atoms with Crippen LogP contribution in [0.5, 0.6) is 0 Å². The minimum atomic E-state index is -3.22. The number of aromatic nitrogens is 10. The molecular formula is C48H56F4N16O6. The summed E-state index contributed by atoms with van der Waals surface area (Å²) in [7, 11) is 0. The van der Waals surface area contributed by atoms with Crippen molar-refractivity contribution in [3.8, 4) is 22.5 Å². The number of anilines is 6. The molecule has 26 heteroatoms. The van der Waals surface area contributed by atoms with Gasteiger partial charge in [0.25, 0.3) is 0 Å². The smallest absolute Gasteiger partial charge is 0.410 e. The molecule has 2 aliphatic heterocycles. The number of hydrogen-bond donors (Lipinski definition) is 4. The molecule has 8 heterocycles. The van der Waals surface area contributed by atoms with Crippen molar-refractivity contribution < 1.29 is 46.2 Å². The molecule has 392 valence electrons. The van der Waals surface area contributed by atoms with Gasteiger partial charge in [-0.15, -0.1) is 0 Å². The summed E-state index contributed by atoms with van der Waals surface area (Å²) in [5, 5.41) is 20.6. The number of nitrogens with zero attached hydrogens (tertiary/aromatic N) is 12. The van der Waals surface area contributed by atoms with E-state index in [4.69, 9.17) is 9.47 Å². The second kappa shape index (κ2) is 21.0. The molecule has 0 aromatic carbocycles. The number of rotatable bonds is 10. The van der Waals surface area contributed by atoms with Crippen LogP contribution in [-0.2, 0) is 57.1 Å². The van der Waals surface area contributed by atoms with E-state index in [0.29, 0.717) is 73.2 Å². The Hall–Kier alpha value is -8.32. The number of carbonyl (C=O) groups excluding carboxylic acids is 4. The van der Waals surface area contributed by atoms with Gasteiger partial charge < -0.3 is 40.5 Å². The predicted molar refractivity (Wildman–Crippen MR) is 263 cm³/mol. The van der Waals surface area contributed by atoms with Crippen LogP contribution < -0.4 is 21.3 Å². The van der Waals surface area contributed by atoms with Crippen molar-refractivity contribution >= 4 is 58.6 Å². The summed E-state index contributed by atoms with van der Waals surface area (Å²) in [6, 6.07) is 9.68. The highest BCUT2D eigenvalue weighted by Crippen LogP contribution is 2.35. The summed E-state index contributed by atoms with van der Waals surface area (Å²) in [5.74, 6) is -7.55. The first kappa shape index (κ1) is 53.5. The first-order valence-electron chi connectivity index (χ1n) is 23.2. The zero-order valence-corrected chi connectivity index (χ0v) is 42.3. The third kappa shape index (κ3) is 14.0. The lowest BCUT2D eigenvalue weighted by molar-refractivity contribution is -0.115. The van der Waals surface area contributed by atoms with E-state index < -0.39 is 46.9 Å². The molecule has 0 aliphatic carbocycles. The largest absolute Gasteiger partial charge is 0.444 e. The quantitative estimate of drug-likeness (QED) is 0.0937. The topological polar surface area (TPSA) is 254 Å². The average molecular weight is 1030 g/mol. The number of alkyl halides is 4. The van der Waals surface area contributed by atoms with Crippen LogP contribution >= 0.6 is 0 Å². The van der Waals surface area contributed by atoms with E-state index >= 15 is 0 Å². The Morgan fingerprint density at radius 3 is 1.26 bits per heavy atom. The molecule has 0 radical (unpaired) electrons. The molecule has 0 saturated heterocycles. The van der Waals surface area contributed by atoms with Crippen LogP contribution in [0.2, 0.25) is 0 Å². The maximum Gasteiger partial charge on any atom is 0.410 e. The molecule has 0 bridgehead atoms. The Bertz CT molecular complexity index is 2860. The fourth-order valence-corrected chi connectivity index (χ4v) is 7.34. The average Bonchev–Trinajstić information content (AvgIpc) is 3.92. The summed E-state index contributed by atoms with van der Waals surface area (Å²) < 4.78 is 69.7. The second-order valence-electron chi connectivity index (χ2n) is 19.4. The van der Waals surface area contributed by atoms with Gasteiger partial charge in [0.15, 0.2) is 0 Å². The summed E-state index contributed by atoms with van der Waals surface area (Å²) in [6.07, 6.45) is 4.69. The van der Waals surface area contributed by atoms with Gasteiger partial charge in [0, 0.05) is 88.8 Å². The number of pyridine rings is 2. The van der Waals surface area contributed by atoms with Crippen LogP contribution in [0.15, 0.2) is 61.2 Å². The normalized spacial score (nSPS) is 13.6. The van der Waals surface area contributed by atoms with Crippen molar-refractivity contribution in [2.24, 2.45) is 0 Å². The fraction of sp³-hybridized carbons (Fsp3) is 0.417. The molecule has 22 nitrogen and oxygen atoms in total. The number of halogens is 4. The van der Waals surface area contributed by atoms with E-state index in [-0.39, 0.29) is 35.1 Å². The zero-order valence-electron chi connectivity index (χ0n) is 42.3. The number of carbonyl (C=O) groups is 4. The Morgan fingerprint density at radius 1 is 0.541 bits per heavy atom. The lowest BCUT2D eigenvalue weighted by atomic mass is 10.1. The third-order valence-corrected chi connectivity index (χ3v) is 10.5. The molecule has 4 N–H and O–H groups in total. The minimum Gasteiger partial charge on any atom is -0.444 e. The molecular weight excluding hydrogens is 973 g/mol. The van der Waals surface area contributed by atoms with Gasteiger partial charge in [0.05, 0.1) is 60.3 Å². The standard InChI is InChI=1S/2C24H28F2N8O3/c2*1-14(35)29-20-11-17(30-19-6-7-27-21(31-19)24(5,25)26)16(12-28-20)18-10-15-13-33(8-9-34(15)32-18)22(36)37-23(2,3)4/h2*6-7,10-12H,8-9,13H2,1-5H3,(H2,27,28,29,30,31,35). The minimum absolute atomic E-state index is 0.132. The molecule has 0 spiro atoms. The van der Waals surface area contributed by atoms with Crippen molar-refractivity contribution in [2.75, 3.05) is 34.4 Å². The molecule has 2 aliphatic rings. The summed E-state index contributed by atoms with van der Waals surface area (Å²) in [4.78, 5) is 75.1. The number of amides is 4. The molecule has 0 saturated carbocycles. The van der Waals surface area contributed by atoms with Gasteiger partial charge in [-0.05, 0) is 65.8 Å². The number of fused-ring (bicyclic) bond motifs is 2. The molecule has 0 atom stereocenters. The van der Waals surface area contributed by atoms with Crippen LogP contribution in [0.1, 0.15) is 92.3 Å².